The van der Waals surface area contributed by atoms with E-state index in [0.29, 0.717) is 29.4 Å². The van der Waals surface area contributed by atoms with Crippen molar-refractivity contribution in [3.63, 3.8) is 0 Å². The summed E-state index contributed by atoms with van der Waals surface area (Å²) in [5.74, 6) is -3.36. The Morgan fingerprint density at radius 3 is 1.41 bits per heavy atom. The van der Waals surface area contributed by atoms with E-state index in [4.69, 9.17) is 45.5 Å². The number of carbonyl (C=O) groups excluding carboxylic acids is 4. The molecule has 0 bridgehead atoms. The Balaban J connectivity index is 0.000000135. The van der Waals surface area contributed by atoms with Crippen molar-refractivity contribution in [2.24, 2.45) is 0 Å². The van der Waals surface area contributed by atoms with Crippen LogP contribution >= 0.6 is 23.6 Å². The highest BCUT2D eigenvalue weighted by Crippen LogP contribution is 2.29. The second-order valence-electron chi connectivity index (χ2n) is 19.7. The molecular weight excluding hydrogens is 1140 g/mol. The number of aliphatic carboxylic acids is 1. The highest BCUT2D eigenvalue weighted by Gasteiger charge is 2.47. The van der Waals surface area contributed by atoms with Gasteiger partial charge in [0.2, 0.25) is 16.3 Å². The van der Waals surface area contributed by atoms with E-state index in [9.17, 15) is 43.5 Å². The fourth-order valence-electron chi connectivity index (χ4n) is 10.0. The number of hydrogen-bond acceptors (Lipinski definition) is 20. The van der Waals surface area contributed by atoms with Crippen LogP contribution in [0.4, 0.5) is 0 Å². The number of morpholine rings is 3. The van der Waals surface area contributed by atoms with Crippen LogP contribution in [0.15, 0.2) is 148 Å². The molecule has 6 aliphatic rings. The predicted molar refractivity (Wildman–Crippen MR) is 304 cm³/mol. The van der Waals surface area contributed by atoms with Crippen LogP contribution in [-0.2, 0) is 43.6 Å². The standard InChI is InChI=1S/C22H20N4O6S2.C18H17N3O6.C17H17N3O4/c1-13-12-34-22(33)26(13)32-21(29)15-10-30-11-17-23-24-8-7-16(27)19(18(24)20(28)25(15)17)31-9-14-5-3-2-4-6-14;22-13-6-7-20-15(16(13)27-8-11-4-2-1-3-5-11)17(23)21-12(18(24)25)9-26-10-14(21)19-20;21-13-6-7-20-15(16(13)24-10-12-4-2-1-3-5-12)17(22)19-8-9-23-11-14(19)18-20/h2-8,12,15,17,23H,9-11H2,1H3;1-7,12,14,19H,8-10H2,(H,24,25);1-7,14,18H,8-11H2/t15-,17-;12-,14-;14-/m000/s1. The molecule has 0 aliphatic carbocycles. The van der Waals surface area contributed by atoms with Gasteiger partial charge >= 0.3 is 11.9 Å². The molecule has 0 unspecified atom stereocenters. The molecule has 0 spiro atoms. The van der Waals surface area contributed by atoms with E-state index in [1.54, 1.807) is 28.1 Å². The van der Waals surface area contributed by atoms with Gasteiger partial charge in [-0.1, -0.05) is 91.0 Å². The van der Waals surface area contributed by atoms with Crippen molar-refractivity contribution in [3.8, 4) is 17.2 Å². The molecule has 440 valence electrons. The van der Waals surface area contributed by atoms with Gasteiger partial charge < -0.3 is 59.5 Å². The Kier molecular flexibility index (Phi) is 16.9. The third kappa shape index (κ3) is 12.0. The molecular formula is C57H54N10O16S2. The fraction of sp³-hybridized carbons (Fsp3) is 0.281. The van der Waals surface area contributed by atoms with Gasteiger partial charge in [-0.2, -0.15) is 4.73 Å². The minimum atomic E-state index is -1.17. The van der Waals surface area contributed by atoms with E-state index in [-0.39, 0.29) is 98.1 Å². The monoisotopic (exact) mass is 1200 g/mol. The number of amides is 3. The number of ether oxygens (including phenoxy) is 6. The number of carboxylic acids is 1. The topological polar surface area (TPSA) is 287 Å². The molecule has 7 aromatic rings. The highest BCUT2D eigenvalue weighted by atomic mass is 32.1. The number of carboxylic acid groups (broad SMARTS) is 1. The average Bonchev–Trinajstić information content (AvgIpc) is 3.06. The van der Waals surface area contributed by atoms with E-state index in [1.165, 1.54) is 65.8 Å². The number of benzene rings is 3. The molecule has 0 radical (unpaired) electrons. The van der Waals surface area contributed by atoms with Crippen molar-refractivity contribution < 1.29 is 62.3 Å². The van der Waals surface area contributed by atoms with Crippen LogP contribution in [-0.4, -0.2) is 145 Å². The summed E-state index contributed by atoms with van der Waals surface area (Å²) >= 11 is 6.47. The average molecular weight is 1200 g/mol. The maximum Gasteiger partial charge on any atom is 0.357 e. The fourth-order valence-corrected chi connectivity index (χ4v) is 11.0. The molecule has 0 saturated carbocycles. The Morgan fingerprint density at radius 1 is 0.565 bits per heavy atom. The van der Waals surface area contributed by atoms with Crippen LogP contribution in [0.25, 0.3) is 0 Å². The van der Waals surface area contributed by atoms with Crippen LogP contribution in [0.5, 0.6) is 17.2 Å². The summed E-state index contributed by atoms with van der Waals surface area (Å²) in [7, 11) is 0. The molecule has 85 heavy (non-hydrogen) atoms. The van der Waals surface area contributed by atoms with Gasteiger partial charge in [0.15, 0.2) is 50.4 Å². The van der Waals surface area contributed by atoms with Crippen molar-refractivity contribution in [1.29, 1.82) is 0 Å². The SMILES string of the molecule is Cc1csc(=S)n1OC(=O)[C@@H]1COC[C@H]2Nn3ccc(=O)c(OCc4ccccc4)c3C(=O)N21.O=C(O)[C@@H]1COC[C@H]2Nn3ccc(=O)c(OCc4ccccc4)c3C(=O)N21.O=C1c2c(OCc3ccccc3)c(=O)ccn2N[C@@H]2COCCN12. The third-order valence-corrected chi connectivity index (χ3v) is 15.5. The van der Waals surface area contributed by atoms with Crippen LogP contribution in [0.2, 0.25) is 0 Å². The van der Waals surface area contributed by atoms with Crippen molar-refractivity contribution in [1.82, 2.24) is 33.5 Å². The summed E-state index contributed by atoms with van der Waals surface area (Å²) in [5, 5.41) is 11.2. The lowest BCUT2D eigenvalue weighted by molar-refractivity contribution is -0.158. The number of rotatable bonds is 12. The minimum Gasteiger partial charge on any atom is -0.482 e. The number of nitrogens with one attached hydrogen (secondary N) is 3. The summed E-state index contributed by atoms with van der Waals surface area (Å²) in [6, 6.07) is 29.9. The molecule has 3 amide bonds. The molecule has 13 rings (SSSR count). The molecule has 26 nitrogen and oxygen atoms in total. The van der Waals surface area contributed by atoms with Gasteiger partial charge in [0, 0.05) is 48.7 Å². The summed E-state index contributed by atoms with van der Waals surface area (Å²) in [4.78, 5) is 111. The summed E-state index contributed by atoms with van der Waals surface area (Å²) in [6.07, 6.45) is 2.90. The number of thiazole rings is 1. The number of carbonyl (C=O) groups is 5. The van der Waals surface area contributed by atoms with Gasteiger partial charge in [0.25, 0.3) is 17.7 Å². The molecule has 5 atom stereocenters. The summed E-state index contributed by atoms with van der Waals surface area (Å²) < 4.78 is 39.5. The first-order valence-corrected chi connectivity index (χ1v) is 27.9. The summed E-state index contributed by atoms with van der Waals surface area (Å²) in [5.41, 5.74) is 11.6. The Hall–Kier alpha value is -9.61. The molecule has 3 saturated heterocycles. The molecule has 3 fully saturated rings. The van der Waals surface area contributed by atoms with Gasteiger partial charge in [-0.05, 0) is 35.8 Å². The molecule has 6 aliphatic heterocycles. The molecule has 4 N–H and O–H groups in total. The number of hydrogen-bond donors (Lipinski definition) is 4. The minimum absolute atomic E-state index is 0.00251. The zero-order chi connectivity index (χ0) is 59.3. The van der Waals surface area contributed by atoms with Crippen molar-refractivity contribution in [2.75, 3.05) is 62.5 Å². The Bertz CT molecular complexity index is 3920. The van der Waals surface area contributed by atoms with E-state index in [2.05, 4.69) is 16.3 Å². The van der Waals surface area contributed by atoms with Gasteiger partial charge in [-0.15, -0.1) is 11.3 Å². The van der Waals surface area contributed by atoms with E-state index in [0.717, 1.165) is 16.7 Å². The quantitative estimate of drug-likeness (QED) is 0.128. The second-order valence-corrected chi connectivity index (χ2v) is 21.2. The van der Waals surface area contributed by atoms with Gasteiger partial charge in [0.05, 0.1) is 45.3 Å². The smallest absolute Gasteiger partial charge is 0.357 e. The van der Waals surface area contributed by atoms with E-state index in [1.807, 2.05) is 91.0 Å². The van der Waals surface area contributed by atoms with E-state index >= 15 is 0 Å². The highest BCUT2D eigenvalue weighted by molar-refractivity contribution is 7.73. The van der Waals surface area contributed by atoms with Gasteiger partial charge in [-0.3, -0.25) is 52.6 Å². The first kappa shape index (κ1) is 57.2. The molecule has 28 heteroatoms. The lowest BCUT2D eigenvalue weighted by atomic mass is 10.1. The predicted octanol–water partition coefficient (Wildman–Crippen LogP) is 2.73. The lowest BCUT2D eigenvalue weighted by Gasteiger charge is -2.44. The Labute approximate surface area is 491 Å². The zero-order valence-corrected chi connectivity index (χ0v) is 46.8. The van der Waals surface area contributed by atoms with Crippen molar-refractivity contribution >= 4 is 53.2 Å². The second kappa shape index (κ2) is 25.1. The zero-order valence-electron chi connectivity index (χ0n) is 45.2. The third-order valence-electron chi connectivity index (χ3n) is 14.2. The molecule has 3 aromatic carbocycles. The number of aryl methyl sites for hydroxylation is 1. The normalized spacial score (nSPS) is 19.8. The molecule has 10 heterocycles. The number of aromatic nitrogens is 4. The Morgan fingerprint density at radius 2 is 0.976 bits per heavy atom. The van der Waals surface area contributed by atoms with Crippen molar-refractivity contribution in [2.45, 2.75) is 57.3 Å². The van der Waals surface area contributed by atoms with Crippen LogP contribution in [0.1, 0.15) is 53.8 Å². The van der Waals surface area contributed by atoms with Crippen LogP contribution in [0.3, 0.4) is 0 Å². The first-order valence-electron chi connectivity index (χ1n) is 26.6. The number of fused-ring (bicyclic) bond motifs is 6. The van der Waals surface area contributed by atoms with Crippen LogP contribution < -0.4 is 51.6 Å². The maximum atomic E-state index is 13.6. The maximum absolute atomic E-state index is 13.6. The summed E-state index contributed by atoms with van der Waals surface area (Å²) in [6.45, 7) is 3.70. The van der Waals surface area contributed by atoms with Gasteiger partial charge in [0.1, 0.15) is 38.3 Å². The lowest BCUT2D eigenvalue weighted by Crippen LogP contribution is -2.66. The number of pyridine rings is 3. The molecule has 4 aromatic heterocycles. The van der Waals surface area contributed by atoms with Gasteiger partial charge in [-0.25, -0.2) is 9.59 Å². The van der Waals surface area contributed by atoms with Crippen LogP contribution in [0, 0.1) is 10.9 Å². The van der Waals surface area contributed by atoms with Crippen molar-refractivity contribution in [3.05, 3.63) is 207 Å². The first-order chi connectivity index (χ1) is 41.2. The largest absolute Gasteiger partial charge is 0.482 e. The van der Waals surface area contributed by atoms with E-state index < -0.39 is 59.0 Å². The number of nitrogens with zero attached hydrogens (tertiary/aromatic N) is 7.